The van der Waals surface area contributed by atoms with E-state index in [1.807, 2.05) is 4.68 Å². The maximum absolute atomic E-state index is 4.65. The molecule has 0 amide bonds. The Bertz CT molecular complexity index is 542. The molecule has 3 rings (SSSR count). The van der Waals surface area contributed by atoms with Crippen LogP contribution in [0.2, 0.25) is 0 Å². The summed E-state index contributed by atoms with van der Waals surface area (Å²) in [6.45, 7) is 6.35. The van der Waals surface area contributed by atoms with Crippen molar-refractivity contribution >= 4 is 5.82 Å². The zero-order chi connectivity index (χ0) is 12.5. The molecule has 2 aromatic rings. The van der Waals surface area contributed by atoms with Gasteiger partial charge in [-0.25, -0.2) is 0 Å². The van der Waals surface area contributed by atoms with Crippen LogP contribution in [0.3, 0.4) is 0 Å². The number of rotatable bonds is 2. The van der Waals surface area contributed by atoms with Crippen LogP contribution in [-0.2, 0) is 13.0 Å². The van der Waals surface area contributed by atoms with Gasteiger partial charge in [0, 0.05) is 31.4 Å². The molecule has 3 heteroatoms. The first-order valence-corrected chi connectivity index (χ1v) is 6.61. The van der Waals surface area contributed by atoms with Crippen LogP contribution in [0.5, 0.6) is 0 Å². The summed E-state index contributed by atoms with van der Waals surface area (Å²) in [5.74, 6) is 1.10. The molecule has 94 valence electrons. The highest BCUT2D eigenvalue weighted by atomic mass is 15.4. The Labute approximate surface area is 108 Å². The van der Waals surface area contributed by atoms with Gasteiger partial charge >= 0.3 is 0 Å². The lowest BCUT2D eigenvalue weighted by molar-refractivity contribution is 0.529. The van der Waals surface area contributed by atoms with Crippen LogP contribution in [0.1, 0.15) is 31.0 Å². The fourth-order valence-corrected chi connectivity index (χ4v) is 2.48. The number of anilines is 1. The fourth-order valence-electron chi connectivity index (χ4n) is 2.48. The minimum absolute atomic E-state index is 0.427. The van der Waals surface area contributed by atoms with Gasteiger partial charge in [0.1, 0.15) is 0 Å². The van der Waals surface area contributed by atoms with Crippen LogP contribution in [0, 0.1) is 0 Å². The van der Waals surface area contributed by atoms with Gasteiger partial charge in [-0.15, -0.1) is 0 Å². The zero-order valence-electron chi connectivity index (χ0n) is 11.0. The van der Waals surface area contributed by atoms with E-state index >= 15 is 0 Å². The third-order valence-corrected chi connectivity index (χ3v) is 3.58. The molecule has 0 spiro atoms. The molecule has 1 aliphatic heterocycles. The van der Waals surface area contributed by atoms with Gasteiger partial charge in [-0.3, -0.25) is 4.68 Å². The molecule has 18 heavy (non-hydrogen) atoms. The molecule has 0 fully saturated rings. The summed E-state index contributed by atoms with van der Waals surface area (Å²) in [6, 6.07) is 11.3. The molecule has 1 aliphatic rings. The Hall–Kier alpha value is -1.77. The minimum atomic E-state index is 0.427. The number of fused-ring (bicyclic) bond motifs is 1. The van der Waals surface area contributed by atoms with Crippen molar-refractivity contribution in [3.05, 3.63) is 47.7 Å². The summed E-state index contributed by atoms with van der Waals surface area (Å²) in [5.41, 5.74) is 2.92. The van der Waals surface area contributed by atoms with E-state index in [1.54, 1.807) is 0 Å². The van der Waals surface area contributed by atoms with Gasteiger partial charge in [-0.2, -0.15) is 5.10 Å². The van der Waals surface area contributed by atoms with E-state index in [9.17, 15) is 0 Å². The van der Waals surface area contributed by atoms with Crippen molar-refractivity contribution in [2.75, 3.05) is 11.4 Å². The Kier molecular flexibility index (Phi) is 2.82. The van der Waals surface area contributed by atoms with Gasteiger partial charge < -0.3 is 4.90 Å². The minimum Gasteiger partial charge on any atom is -0.350 e. The van der Waals surface area contributed by atoms with Crippen molar-refractivity contribution in [3.8, 4) is 0 Å². The van der Waals surface area contributed by atoms with Gasteiger partial charge in [0.05, 0.1) is 0 Å². The Morgan fingerprint density at radius 3 is 2.61 bits per heavy atom. The van der Waals surface area contributed by atoms with Gasteiger partial charge in [0.15, 0.2) is 5.82 Å². The number of benzene rings is 1. The fraction of sp³-hybridized carbons (Fsp3) is 0.400. The first-order chi connectivity index (χ1) is 8.74. The molecule has 0 atom stereocenters. The smallest absolute Gasteiger partial charge is 0.150 e. The van der Waals surface area contributed by atoms with Crippen LogP contribution >= 0.6 is 0 Å². The molecule has 0 aliphatic carbocycles. The molecule has 0 saturated carbocycles. The summed E-state index contributed by atoms with van der Waals surface area (Å²) in [5, 5.41) is 4.65. The van der Waals surface area contributed by atoms with Crippen molar-refractivity contribution < 1.29 is 0 Å². The average molecular weight is 241 g/mol. The van der Waals surface area contributed by atoms with Crippen LogP contribution < -0.4 is 4.90 Å². The molecule has 0 unspecified atom stereocenters. The third kappa shape index (κ3) is 2.01. The zero-order valence-corrected chi connectivity index (χ0v) is 11.0. The number of nitrogens with zero attached hydrogens (tertiary/aromatic N) is 3. The highest BCUT2D eigenvalue weighted by molar-refractivity contribution is 5.43. The van der Waals surface area contributed by atoms with Crippen LogP contribution in [0.15, 0.2) is 36.5 Å². The van der Waals surface area contributed by atoms with E-state index in [4.69, 9.17) is 0 Å². The molecule has 0 bridgehead atoms. The first kappa shape index (κ1) is 11.3. The summed E-state index contributed by atoms with van der Waals surface area (Å²) in [4.78, 5) is 2.36. The Morgan fingerprint density at radius 1 is 1.11 bits per heavy atom. The summed E-state index contributed by atoms with van der Waals surface area (Å²) in [7, 11) is 0. The van der Waals surface area contributed by atoms with Gasteiger partial charge in [-0.05, 0) is 31.4 Å². The maximum Gasteiger partial charge on any atom is 0.150 e. The summed E-state index contributed by atoms with van der Waals surface area (Å²) < 4.78 is 2.02. The Balaban J connectivity index is 1.83. The molecular weight excluding hydrogens is 222 g/mol. The van der Waals surface area contributed by atoms with E-state index in [0.29, 0.717) is 6.04 Å². The van der Waals surface area contributed by atoms with Crippen LogP contribution in [0.4, 0.5) is 5.82 Å². The second kappa shape index (κ2) is 4.48. The monoisotopic (exact) mass is 241 g/mol. The number of aromatic nitrogens is 2. The SMILES string of the molecule is CC(C)n1ccc(N2CCc3ccccc3C2)n1. The van der Waals surface area contributed by atoms with Crippen molar-refractivity contribution in [2.24, 2.45) is 0 Å². The normalized spacial score (nSPS) is 14.9. The standard InChI is InChI=1S/C15H19N3/c1-12(2)18-10-8-15(16-18)17-9-7-13-5-3-4-6-14(13)11-17/h3-6,8,10,12H,7,9,11H2,1-2H3. The largest absolute Gasteiger partial charge is 0.350 e. The van der Waals surface area contributed by atoms with Crippen LogP contribution in [-0.4, -0.2) is 16.3 Å². The van der Waals surface area contributed by atoms with Gasteiger partial charge in [0.2, 0.25) is 0 Å². The maximum atomic E-state index is 4.65. The number of hydrogen-bond donors (Lipinski definition) is 0. The molecule has 2 heterocycles. The number of hydrogen-bond acceptors (Lipinski definition) is 2. The van der Waals surface area contributed by atoms with Gasteiger partial charge in [0.25, 0.3) is 0 Å². The molecule has 1 aromatic heterocycles. The third-order valence-electron chi connectivity index (χ3n) is 3.58. The van der Waals surface area contributed by atoms with Gasteiger partial charge in [-0.1, -0.05) is 24.3 Å². The predicted octanol–water partition coefficient (Wildman–Crippen LogP) is 3.03. The molecule has 0 saturated heterocycles. The van der Waals surface area contributed by atoms with Crippen molar-refractivity contribution in [2.45, 2.75) is 32.9 Å². The topological polar surface area (TPSA) is 21.1 Å². The summed E-state index contributed by atoms with van der Waals surface area (Å²) >= 11 is 0. The molecular formula is C15H19N3. The summed E-state index contributed by atoms with van der Waals surface area (Å²) in [6.07, 6.45) is 3.19. The molecule has 0 radical (unpaired) electrons. The highest BCUT2D eigenvalue weighted by Gasteiger charge is 2.17. The molecule has 1 aromatic carbocycles. The quantitative estimate of drug-likeness (QED) is 0.806. The van der Waals surface area contributed by atoms with Crippen molar-refractivity contribution in [3.63, 3.8) is 0 Å². The molecule has 3 nitrogen and oxygen atoms in total. The first-order valence-electron chi connectivity index (χ1n) is 6.61. The van der Waals surface area contributed by atoms with Crippen molar-refractivity contribution in [1.82, 2.24) is 9.78 Å². The molecule has 0 N–H and O–H groups in total. The lowest BCUT2D eigenvalue weighted by atomic mass is 10.0. The lowest BCUT2D eigenvalue weighted by Crippen LogP contribution is -2.30. The van der Waals surface area contributed by atoms with E-state index in [2.05, 4.69) is 60.4 Å². The lowest BCUT2D eigenvalue weighted by Gasteiger charge is -2.28. The Morgan fingerprint density at radius 2 is 1.89 bits per heavy atom. The second-order valence-corrected chi connectivity index (χ2v) is 5.19. The van der Waals surface area contributed by atoms with E-state index in [1.165, 1.54) is 11.1 Å². The second-order valence-electron chi connectivity index (χ2n) is 5.19. The van der Waals surface area contributed by atoms with Crippen LogP contribution in [0.25, 0.3) is 0 Å². The van der Waals surface area contributed by atoms with E-state index < -0.39 is 0 Å². The van der Waals surface area contributed by atoms with E-state index in [0.717, 1.165) is 25.3 Å². The average Bonchev–Trinajstić information content (AvgIpc) is 2.88. The van der Waals surface area contributed by atoms with Crippen molar-refractivity contribution in [1.29, 1.82) is 0 Å². The predicted molar refractivity (Wildman–Crippen MR) is 73.8 cm³/mol. The van der Waals surface area contributed by atoms with E-state index in [-0.39, 0.29) is 0 Å². The highest BCUT2D eigenvalue weighted by Crippen LogP contribution is 2.23.